The molecule has 0 spiro atoms. The molecule has 0 aliphatic carbocycles. The first-order valence-electron chi connectivity index (χ1n) is 4.36. The van der Waals surface area contributed by atoms with Gasteiger partial charge < -0.3 is 14.4 Å². The molecule has 0 aromatic carbocycles. The lowest BCUT2D eigenvalue weighted by Gasteiger charge is -1.99. The lowest BCUT2D eigenvalue weighted by Crippen LogP contribution is -1.94. The minimum Gasteiger partial charge on any atom is -0.481 e. The number of aryl methyl sites for hydroxylation is 1. The SMILES string of the molecule is COc1cc2c(C(=O)O)cn(C)c2cn1. The molecule has 0 atom stereocenters. The van der Waals surface area contributed by atoms with Gasteiger partial charge in [-0.1, -0.05) is 0 Å². The van der Waals surface area contributed by atoms with E-state index in [1.165, 1.54) is 7.11 Å². The third-order valence-electron chi connectivity index (χ3n) is 2.29. The molecule has 0 saturated heterocycles. The van der Waals surface area contributed by atoms with Crippen molar-refractivity contribution in [2.24, 2.45) is 7.05 Å². The summed E-state index contributed by atoms with van der Waals surface area (Å²) in [6.45, 7) is 0. The van der Waals surface area contributed by atoms with Crippen LogP contribution < -0.4 is 4.74 Å². The maximum atomic E-state index is 11.0. The van der Waals surface area contributed by atoms with Crippen molar-refractivity contribution in [3.05, 3.63) is 24.0 Å². The summed E-state index contributed by atoms with van der Waals surface area (Å²) < 4.78 is 6.68. The minimum absolute atomic E-state index is 0.258. The van der Waals surface area contributed by atoms with E-state index in [1.807, 2.05) is 0 Å². The topological polar surface area (TPSA) is 64.3 Å². The van der Waals surface area contributed by atoms with E-state index in [2.05, 4.69) is 4.98 Å². The largest absolute Gasteiger partial charge is 0.481 e. The van der Waals surface area contributed by atoms with Gasteiger partial charge >= 0.3 is 5.97 Å². The van der Waals surface area contributed by atoms with E-state index < -0.39 is 5.97 Å². The molecule has 2 aromatic rings. The Bertz CT molecular complexity index is 531. The summed E-state index contributed by atoms with van der Waals surface area (Å²) in [5, 5.41) is 9.62. The number of carboxylic acids is 1. The zero-order valence-corrected chi connectivity index (χ0v) is 8.39. The Hall–Kier alpha value is -2.04. The van der Waals surface area contributed by atoms with Gasteiger partial charge in [0.2, 0.25) is 5.88 Å². The fourth-order valence-electron chi connectivity index (χ4n) is 1.54. The average Bonchev–Trinajstić information content (AvgIpc) is 2.56. The third-order valence-corrected chi connectivity index (χ3v) is 2.29. The van der Waals surface area contributed by atoms with Gasteiger partial charge in [0.25, 0.3) is 0 Å². The van der Waals surface area contributed by atoms with Crippen LogP contribution in [0.25, 0.3) is 10.9 Å². The monoisotopic (exact) mass is 206 g/mol. The lowest BCUT2D eigenvalue weighted by atomic mass is 10.2. The van der Waals surface area contributed by atoms with Crippen molar-refractivity contribution in [2.45, 2.75) is 0 Å². The molecule has 0 fully saturated rings. The van der Waals surface area contributed by atoms with Crippen molar-refractivity contribution in [3.63, 3.8) is 0 Å². The predicted molar refractivity (Wildman–Crippen MR) is 54.2 cm³/mol. The Morgan fingerprint density at radius 1 is 1.60 bits per heavy atom. The van der Waals surface area contributed by atoms with E-state index in [0.717, 1.165) is 5.52 Å². The van der Waals surface area contributed by atoms with Crippen molar-refractivity contribution in [1.29, 1.82) is 0 Å². The maximum absolute atomic E-state index is 11.0. The van der Waals surface area contributed by atoms with Crippen molar-refractivity contribution >= 4 is 16.9 Å². The molecule has 0 aliphatic rings. The standard InChI is InChI=1S/C10H10N2O3/c1-12-5-7(10(13)14)6-3-9(15-2)11-4-8(6)12/h3-5H,1-2H3,(H,13,14). The van der Waals surface area contributed by atoms with Crippen LogP contribution in [-0.2, 0) is 7.05 Å². The molecule has 2 rings (SSSR count). The van der Waals surface area contributed by atoms with Crippen LogP contribution in [0.3, 0.4) is 0 Å². The molecule has 0 saturated carbocycles. The van der Waals surface area contributed by atoms with E-state index >= 15 is 0 Å². The summed E-state index contributed by atoms with van der Waals surface area (Å²) >= 11 is 0. The number of rotatable bonds is 2. The summed E-state index contributed by atoms with van der Waals surface area (Å²) in [6, 6.07) is 1.62. The smallest absolute Gasteiger partial charge is 0.337 e. The third kappa shape index (κ3) is 1.41. The van der Waals surface area contributed by atoms with Crippen molar-refractivity contribution in [1.82, 2.24) is 9.55 Å². The summed E-state index contributed by atoms with van der Waals surface area (Å²) in [5.41, 5.74) is 1.03. The average molecular weight is 206 g/mol. The van der Waals surface area contributed by atoms with Crippen LogP contribution in [0.4, 0.5) is 0 Å². The van der Waals surface area contributed by atoms with Gasteiger partial charge in [-0.15, -0.1) is 0 Å². The number of hydrogen-bond donors (Lipinski definition) is 1. The van der Waals surface area contributed by atoms with Crippen LogP contribution in [0.2, 0.25) is 0 Å². The predicted octanol–water partition coefficient (Wildman–Crippen LogP) is 1.28. The molecule has 0 amide bonds. The number of pyridine rings is 1. The molecular formula is C10H10N2O3. The number of carboxylic acid groups (broad SMARTS) is 1. The lowest BCUT2D eigenvalue weighted by molar-refractivity contribution is 0.0699. The molecule has 78 valence electrons. The van der Waals surface area contributed by atoms with Gasteiger partial charge in [0, 0.05) is 24.7 Å². The first kappa shape index (κ1) is 9.51. The zero-order chi connectivity index (χ0) is 11.0. The summed E-state index contributed by atoms with van der Waals surface area (Å²) in [7, 11) is 3.28. The van der Waals surface area contributed by atoms with Crippen LogP contribution in [0.5, 0.6) is 5.88 Å². The molecule has 2 heterocycles. The fraction of sp³-hybridized carbons (Fsp3) is 0.200. The Morgan fingerprint density at radius 2 is 2.33 bits per heavy atom. The highest BCUT2D eigenvalue weighted by atomic mass is 16.5. The number of carbonyl (C=O) groups is 1. The van der Waals surface area contributed by atoms with Gasteiger partial charge in [-0.3, -0.25) is 0 Å². The molecule has 0 radical (unpaired) electrons. The molecule has 0 bridgehead atoms. The normalized spacial score (nSPS) is 10.5. The second-order valence-electron chi connectivity index (χ2n) is 3.20. The van der Waals surface area contributed by atoms with E-state index in [1.54, 1.807) is 30.1 Å². The summed E-state index contributed by atoms with van der Waals surface area (Å²) in [4.78, 5) is 15.0. The molecule has 5 nitrogen and oxygen atoms in total. The zero-order valence-electron chi connectivity index (χ0n) is 8.39. The second-order valence-corrected chi connectivity index (χ2v) is 3.20. The Morgan fingerprint density at radius 3 is 2.93 bits per heavy atom. The van der Waals surface area contributed by atoms with Gasteiger partial charge in [-0.05, 0) is 0 Å². The van der Waals surface area contributed by atoms with E-state index in [-0.39, 0.29) is 5.56 Å². The number of hydrogen-bond acceptors (Lipinski definition) is 3. The van der Waals surface area contributed by atoms with E-state index in [9.17, 15) is 4.79 Å². The van der Waals surface area contributed by atoms with Gasteiger partial charge in [-0.25, -0.2) is 9.78 Å². The van der Waals surface area contributed by atoms with E-state index in [0.29, 0.717) is 11.3 Å². The van der Waals surface area contributed by atoms with Gasteiger partial charge in [-0.2, -0.15) is 0 Å². The number of fused-ring (bicyclic) bond motifs is 1. The number of ether oxygens (including phenoxy) is 1. The maximum Gasteiger partial charge on any atom is 0.337 e. The van der Waals surface area contributed by atoms with Crippen LogP contribution in [0, 0.1) is 0 Å². The minimum atomic E-state index is -0.950. The van der Waals surface area contributed by atoms with Crippen molar-refractivity contribution in [3.8, 4) is 5.88 Å². The number of nitrogens with zero attached hydrogens (tertiary/aromatic N) is 2. The van der Waals surface area contributed by atoms with Crippen molar-refractivity contribution < 1.29 is 14.6 Å². The fourth-order valence-corrected chi connectivity index (χ4v) is 1.54. The van der Waals surface area contributed by atoms with Gasteiger partial charge in [0.05, 0.1) is 24.4 Å². The Labute approximate surface area is 85.9 Å². The summed E-state index contributed by atoms with van der Waals surface area (Å²) in [5.74, 6) is -0.537. The number of methoxy groups -OCH3 is 1. The summed E-state index contributed by atoms with van der Waals surface area (Å²) in [6.07, 6.45) is 3.16. The number of aromatic carboxylic acids is 1. The quantitative estimate of drug-likeness (QED) is 0.803. The highest BCUT2D eigenvalue weighted by Crippen LogP contribution is 2.23. The molecule has 2 aromatic heterocycles. The first-order valence-corrected chi connectivity index (χ1v) is 4.36. The van der Waals surface area contributed by atoms with Crippen LogP contribution in [0.15, 0.2) is 18.5 Å². The number of aromatic nitrogens is 2. The molecule has 5 heteroatoms. The molecule has 0 unspecified atom stereocenters. The van der Waals surface area contributed by atoms with Crippen LogP contribution >= 0.6 is 0 Å². The Balaban J connectivity index is 2.77. The van der Waals surface area contributed by atoms with E-state index in [4.69, 9.17) is 9.84 Å². The molecule has 1 N–H and O–H groups in total. The van der Waals surface area contributed by atoms with Crippen LogP contribution in [-0.4, -0.2) is 27.7 Å². The Kier molecular flexibility index (Phi) is 2.07. The van der Waals surface area contributed by atoms with Gasteiger partial charge in [0.1, 0.15) is 0 Å². The van der Waals surface area contributed by atoms with Gasteiger partial charge in [0.15, 0.2) is 0 Å². The molecule has 0 aliphatic heterocycles. The second kappa shape index (κ2) is 3.27. The van der Waals surface area contributed by atoms with Crippen LogP contribution in [0.1, 0.15) is 10.4 Å². The first-order chi connectivity index (χ1) is 7.13. The highest BCUT2D eigenvalue weighted by molar-refractivity contribution is 6.03. The highest BCUT2D eigenvalue weighted by Gasteiger charge is 2.13. The molecule has 15 heavy (non-hydrogen) atoms. The van der Waals surface area contributed by atoms with Crippen molar-refractivity contribution in [2.75, 3.05) is 7.11 Å². The molecular weight excluding hydrogens is 196 g/mol.